The third-order valence-electron chi connectivity index (χ3n) is 3.67. The average molecular weight is 349 g/mol. The summed E-state index contributed by atoms with van der Waals surface area (Å²) in [6, 6.07) is 4.25. The van der Waals surface area contributed by atoms with Gasteiger partial charge in [0, 0.05) is 19.6 Å². The van der Waals surface area contributed by atoms with Crippen molar-refractivity contribution in [2.45, 2.75) is 19.4 Å². The lowest BCUT2D eigenvalue weighted by molar-refractivity contribution is -0.126. The summed E-state index contributed by atoms with van der Waals surface area (Å²) in [5, 5.41) is 2.75. The molecule has 1 unspecified atom stereocenters. The number of carbonyl (C=O) groups is 1. The van der Waals surface area contributed by atoms with E-state index in [0.717, 1.165) is 6.26 Å². The molecule has 0 aromatic heterocycles. The van der Waals surface area contributed by atoms with Crippen molar-refractivity contribution >= 4 is 27.5 Å². The van der Waals surface area contributed by atoms with Gasteiger partial charge in [-0.05, 0) is 30.5 Å². The van der Waals surface area contributed by atoms with E-state index in [9.17, 15) is 17.6 Å². The molecule has 8 heteroatoms. The van der Waals surface area contributed by atoms with Gasteiger partial charge in [-0.2, -0.15) is 0 Å². The third-order valence-corrected chi connectivity index (χ3v) is 5.23. The Balaban J connectivity index is 1.93. The molecule has 0 radical (unpaired) electrons. The Morgan fingerprint density at radius 3 is 2.86 bits per heavy atom. The van der Waals surface area contributed by atoms with E-state index < -0.39 is 15.8 Å². The molecule has 0 spiro atoms. The molecule has 1 aliphatic heterocycles. The quantitative estimate of drug-likeness (QED) is 0.901. The second kappa shape index (κ2) is 6.93. The summed E-state index contributed by atoms with van der Waals surface area (Å²) in [4.78, 5) is 12.2. The van der Waals surface area contributed by atoms with Crippen molar-refractivity contribution in [3.05, 3.63) is 34.6 Å². The summed E-state index contributed by atoms with van der Waals surface area (Å²) in [6.45, 7) is 0.888. The molecule has 1 fully saturated rings. The van der Waals surface area contributed by atoms with Crippen molar-refractivity contribution in [1.82, 2.24) is 9.62 Å². The van der Waals surface area contributed by atoms with Crippen LogP contribution < -0.4 is 5.32 Å². The Hall–Kier alpha value is -1.18. The Morgan fingerprint density at radius 1 is 1.50 bits per heavy atom. The lowest BCUT2D eigenvalue weighted by Gasteiger charge is -2.30. The van der Waals surface area contributed by atoms with Gasteiger partial charge >= 0.3 is 0 Å². The van der Waals surface area contributed by atoms with Crippen molar-refractivity contribution < 1.29 is 17.6 Å². The minimum atomic E-state index is -3.28. The van der Waals surface area contributed by atoms with Gasteiger partial charge in [0.15, 0.2) is 0 Å². The number of hydrogen-bond donors (Lipinski definition) is 1. The molecule has 1 aliphatic rings. The predicted octanol–water partition coefficient (Wildman–Crippen LogP) is 1.77. The van der Waals surface area contributed by atoms with Crippen molar-refractivity contribution in [2.75, 3.05) is 19.3 Å². The van der Waals surface area contributed by atoms with E-state index in [1.54, 1.807) is 6.07 Å². The van der Waals surface area contributed by atoms with Crippen molar-refractivity contribution in [2.24, 2.45) is 5.92 Å². The zero-order valence-corrected chi connectivity index (χ0v) is 13.8. The van der Waals surface area contributed by atoms with Crippen LogP contribution in [0, 0.1) is 11.7 Å². The highest BCUT2D eigenvalue weighted by Crippen LogP contribution is 2.19. The van der Waals surface area contributed by atoms with Crippen LogP contribution in [0.5, 0.6) is 0 Å². The van der Waals surface area contributed by atoms with E-state index in [1.807, 2.05) is 0 Å². The van der Waals surface area contributed by atoms with Crippen LogP contribution in [0.4, 0.5) is 4.39 Å². The third kappa shape index (κ3) is 4.41. The van der Waals surface area contributed by atoms with Crippen LogP contribution in [0.1, 0.15) is 18.4 Å². The van der Waals surface area contributed by atoms with Gasteiger partial charge in [-0.15, -0.1) is 0 Å². The summed E-state index contributed by atoms with van der Waals surface area (Å²) < 4.78 is 37.5. The van der Waals surface area contributed by atoms with Gasteiger partial charge in [-0.3, -0.25) is 4.79 Å². The fourth-order valence-electron chi connectivity index (χ4n) is 2.44. The Labute approximate surface area is 134 Å². The van der Waals surface area contributed by atoms with Crippen LogP contribution in [-0.2, 0) is 21.4 Å². The van der Waals surface area contributed by atoms with E-state index in [1.165, 1.54) is 16.4 Å². The van der Waals surface area contributed by atoms with Gasteiger partial charge in [0.25, 0.3) is 0 Å². The maximum absolute atomic E-state index is 13.1. The maximum atomic E-state index is 13.1. The summed E-state index contributed by atoms with van der Waals surface area (Å²) in [5.41, 5.74) is 0.690. The van der Waals surface area contributed by atoms with Crippen LogP contribution >= 0.6 is 11.6 Å². The lowest BCUT2D eigenvalue weighted by atomic mass is 9.99. The van der Waals surface area contributed by atoms with Gasteiger partial charge in [0.2, 0.25) is 15.9 Å². The smallest absolute Gasteiger partial charge is 0.224 e. The molecule has 0 aliphatic carbocycles. The molecule has 0 saturated carbocycles. The summed E-state index contributed by atoms with van der Waals surface area (Å²) in [7, 11) is -3.28. The highest BCUT2D eigenvalue weighted by atomic mass is 35.5. The monoisotopic (exact) mass is 348 g/mol. The highest BCUT2D eigenvalue weighted by Gasteiger charge is 2.29. The number of carbonyl (C=O) groups excluding carboxylic acids is 1. The largest absolute Gasteiger partial charge is 0.352 e. The summed E-state index contributed by atoms with van der Waals surface area (Å²) in [6.07, 6.45) is 2.46. The molecule has 5 nitrogen and oxygen atoms in total. The molecule has 2 rings (SSSR count). The molecule has 1 aromatic carbocycles. The SMILES string of the molecule is CS(=O)(=O)N1CCCC(C(=O)NCc2ccc(F)c(Cl)c2)C1. The molecule has 1 saturated heterocycles. The number of benzene rings is 1. The van der Waals surface area contributed by atoms with Gasteiger partial charge in [0.1, 0.15) is 5.82 Å². The first-order chi connectivity index (χ1) is 10.3. The van der Waals surface area contributed by atoms with Gasteiger partial charge in [-0.1, -0.05) is 17.7 Å². The predicted molar refractivity (Wildman–Crippen MR) is 82.4 cm³/mol. The number of nitrogens with one attached hydrogen (secondary N) is 1. The number of amides is 1. The molecule has 1 aromatic rings. The summed E-state index contributed by atoms with van der Waals surface area (Å²) in [5.74, 6) is -1.07. The molecule has 1 heterocycles. The second-order valence-electron chi connectivity index (χ2n) is 5.43. The molecule has 122 valence electrons. The Morgan fingerprint density at radius 2 is 2.23 bits per heavy atom. The first kappa shape index (κ1) is 17.2. The van der Waals surface area contributed by atoms with E-state index >= 15 is 0 Å². The molecule has 22 heavy (non-hydrogen) atoms. The standard InChI is InChI=1S/C14H18ClFN2O3S/c1-22(20,21)18-6-2-3-11(9-18)14(19)17-8-10-4-5-13(16)12(15)7-10/h4-5,7,11H,2-3,6,8-9H2,1H3,(H,17,19). The maximum Gasteiger partial charge on any atom is 0.224 e. The van der Waals surface area contributed by atoms with E-state index in [2.05, 4.69) is 5.32 Å². The van der Waals surface area contributed by atoms with Gasteiger partial charge in [-0.25, -0.2) is 17.1 Å². The molecular formula is C14H18ClFN2O3S. The second-order valence-corrected chi connectivity index (χ2v) is 7.82. The number of halogens is 2. The molecule has 1 amide bonds. The molecule has 0 bridgehead atoms. The van der Waals surface area contributed by atoms with E-state index in [0.29, 0.717) is 24.9 Å². The number of nitrogens with zero attached hydrogens (tertiary/aromatic N) is 1. The average Bonchev–Trinajstić information content (AvgIpc) is 2.47. The summed E-state index contributed by atoms with van der Waals surface area (Å²) >= 11 is 5.69. The first-order valence-corrected chi connectivity index (χ1v) is 9.17. The van der Waals surface area contributed by atoms with Crippen LogP contribution in [0.25, 0.3) is 0 Å². The van der Waals surface area contributed by atoms with Gasteiger partial charge in [0.05, 0.1) is 17.2 Å². The zero-order chi connectivity index (χ0) is 16.3. The zero-order valence-electron chi connectivity index (χ0n) is 12.2. The number of hydrogen-bond acceptors (Lipinski definition) is 3. The fourth-order valence-corrected chi connectivity index (χ4v) is 3.56. The minimum Gasteiger partial charge on any atom is -0.352 e. The molecular weight excluding hydrogens is 331 g/mol. The highest BCUT2D eigenvalue weighted by molar-refractivity contribution is 7.88. The molecule has 1 N–H and O–H groups in total. The topological polar surface area (TPSA) is 66.5 Å². The normalized spacial score (nSPS) is 19.9. The van der Waals surface area contributed by atoms with E-state index in [-0.39, 0.29) is 29.9 Å². The van der Waals surface area contributed by atoms with Crippen LogP contribution in [-0.4, -0.2) is 38.0 Å². The van der Waals surface area contributed by atoms with E-state index in [4.69, 9.17) is 11.6 Å². The Kier molecular flexibility index (Phi) is 5.41. The van der Waals surface area contributed by atoms with Crippen molar-refractivity contribution in [3.63, 3.8) is 0 Å². The van der Waals surface area contributed by atoms with Crippen molar-refractivity contribution in [3.8, 4) is 0 Å². The number of piperidine rings is 1. The minimum absolute atomic E-state index is 0.00710. The number of rotatable bonds is 4. The number of sulfonamides is 1. The van der Waals surface area contributed by atoms with Crippen LogP contribution in [0.3, 0.4) is 0 Å². The van der Waals surface area contributed by atoms with Crippen LogP contribution in [0.15, 0.2) is 18.2 Å². The Bertz CT molecular complexity index is 666. The molecule has 1 atom stereocenters. The van der Waals surface area contributed by atoms with Crippen molar-refractivity contribution in [1.29, 1.82) is 0 Å². The fraction of sp³-hybridized carbons (Fsp3) is 0.500. The first-order valence-electron chi connectivity index (χ1n) is 6.94. The van der Waals surface area contributed by atoms with Crippen LogP contribution in [0.2, 0.25) is 5.02 Å². The van der Waals surface area contributed by atoms with Gasteiger partial charge < -0.3 is 5.32 Å². The lowest BCUT2D eigenvalue weighted by Crippen LogP contribution is -2.44.